The van der Waals surface area contributed by atoms with Crippen LogP contribution in [-0.4, -0.2) is 22.8 Å². The second kappa shape index (κ2) is 8.86. The van der Waals surface area contributed by atoms with E-state index >= 15 is 0 Å². The van der Waals surface area contributed by atoms with Crippen LogP contribution in [0.4, 0.5) is 18.9 Å². The molecule has 0 radical (unpaired) electrons. The Hall–Kier alpha value is -2.90. The Kier molecular flexibility index (Phi) is 6.28. The molecule has 1 aliphatic carbocycles. The third-order valence-corrected chi connectivity index (χ3v) is 4.69. The summed E-state index contributed by atoms with van der Waals surface area (Å²) < 4.78 is 40.0. The molecule has 1 saturated carbocycles. The molecule has 1 aromatic carbocycles. The number of carbonyl (C=O) groups is 2. The number of hydrogen-bond acceptors (Lipinski definition) is 3. The van der Waals surface area contributed by atoms with Crippen molar-refractivity contribution in [1.29, 1.82) is 0 Å². The van der Waals surface area contributed by atoms with E-state index in [4.69, 9.17) is 0 Å². The third-order valence-electron chi connectivity index (χ3n) is 4.69. The van der Waals surface area contributed by atoms with Gasteiger partial charge in [-0.1, -0.05) is 31.7 Å². The molecule has 0 atom stereocenters. The highest BCUT2D eigenvalue weighted by Gasteiger charge is 2.19. The van der Waals surface area contributed by atoms with Crippen LogP contribution in [0, 0.1) is 17.5 Å². The van der Waals surface area contributed by atoms with Crippen LogP contribution < -0.4 is 10.6 Å². The number of amides is 2. The number of hydrogen-bond donors (Lipinski definition) is 2. The molecule has 148 valence electrons. The van der Waals surface area contributed by atoms with Crippen LogP contribution in [0.15, 0.2) is 30.3 Å². The van der Waals surface area contributed by atoms with E-state index in [-0.39, 0.29) is 23.3 Å². The molecule has 0 aliphatic heterocycles. The number of halogens is 3. The lowest BCUT2D eigenvalue weighted by Gasteiger charge is -2.16. The van der Waals surface area contributed by atoms with Gasteiger partial charge in [-0.25, -0.2) is 18.2 Å². The predicted molar refractivity (Wildman–Crippen MR) is 97.5 cm³/mol. The van der Waals surface area contributed by atoms with Gasteiger partial charge in [-0.15, -0.1) is 0 Å². The Morgan fingerprint density at radius 1 is 0.857 bits per heavy atom. The second-order valence-electron chi connectivity index (χ2n) is 6.75. The standard InChI is InChI=1S/C20H20F3N3O2/c21-13-10-11-14(18(23)17(13)22)26-20(28)16-9-5-8-15(25-16)19(27)24-12-6-3-1-2-4-7-12/h5,8-12H,1-4,6-7H2,(H,24,27)(H,26,28). The van der Waals surface area contributed by atoms with Gasteiger partial charge in [0.25, 0.3) is 11.8 Å². The van der Waals surface area contributed by atoms with Gasteiger partial charge in [0.1, 0.15) is 11.4 Å². The third kappa shape index (κ3) is 4.68. The minimum absolute atomic E-state index is 0.0580. The summed E-state index contributed by atoms with van der Waals surface area (Å²) in [6.45, 7) is 0. The zero-order valence-electron chi connectivity index (χ0n) is 15.1. The summed E-state index contributed by atoms with van der Waals surface area (Å²) in [4.78, 5) is 28.7. The number of anilines is 1. The summed E-state index contributed by atoms with van der Waals surface area (Å²) in [5.74, 6) is -5.77. The summed E-state index contributed by atoms with van der Waals surface area (Å²) in [7, 11) is 0. The number of carbonyl (C=O) groups excluding carboxylic acids is 2. The van der Waals surface area contributed by atoms with Gasteiger partial charge in [-0.2, -0.15) is 0 Å². The summed E-state index contributed by atoms with van der Waals surface area (Å²) >= 11 is 0. The first-order valence-electron chi connectivity index (χ1n) is 9.18. The van der Waals surface area contributed by atoms with Crippen LogP contribution in [0.2, 0.25) is 0 Å². The van der Waals surface area contributed by atoms with Crippen molar-refractivity contribution in [1.82, 2.24) is 10.3 Å². The Bertz CT molecular complexity index is 881. The lowest BCUT2D eigenvalue weighted by molar-refractivity contribution is 0.0928. The van der Waals surface area contributed by atoms with Gasteiger partial charge < -0.3 is 10.6 Å². The van der Waals surface area contributed by atoms with Crippen LogP contribution in [0.5, 0.6) is 0 Å². The number of benzene rings is 1. The molecule has 5 nitrogen and oxygen atoms in total. The first-order chi connectivity index (χ1) is 13.5. The monoisotopic (exact) mass is 391 g/mol. The molecule has 3 rings (SSSR count). The number of nitrogens with zero attached hydrogens (tertiary/aromatic N) is 1. The Balaban J connectivity index is 1.70. The molecule has 0 unspecified atom stereocenters. The van der Waals surface area contributed by atoms with Crippen molar-refractivity contribution in [2.45, 2.75) is 44.6 Å². The Morgan fingerprint density at radius 3 is 2.18 bits per heavy atom. The molecular formula is C20H20F3N3O2. The Morgan fingerprint density at radius 2 is 1.50 bits per heavy atom. The molecule has 1 fully saturated rings. The first-order valence-corrected chi connectivity index (χ1v) is 9.18. The number of aromatic nitrogens is 1. The van der Waals surface area contributed by atoms with Crippen molar-refractivity contribution in [3.05, 3.63) is 59.2 Å². The molecule has 28 heavy (non-hydrogen) atoms. The van der Waals surface area contributed by atoms with Gasteiger partial charge in [-0.05, 0) is 37.1 Å². The fraction of sp³-hybridized carbons (Fsp3) is 0.350. The maximum Gasteiger partial charge on any atom is 0.274 e. The van der Waals surface area contributed by atoms with E-state index < -0.39 is 29.0 Å². The maximum absolute atomic E-state index is 13.7. The first kappa shape index (κ1) is 19.9. The van der Waals surface area contributed by atoms with Crippen LogP contribution in [0.3, 0.4) is 0 Å². The molecule has 0 bridgehead atoms. The van der Waals surface area contributed by atoms with Crippen LogP contribution in [-0.2, 0) is 0 Å². The van der Waals surface area contributed by atoms with Crippen LogP contribution in [0.25, 0.3) is 0 Å². The smallest absolute Gasteiger partial charge is 0.274 e. The normalized spacial score (nSPS) is 15.0. The van der Waals surface area contributed by atoms with Gasteiger partial charge in [0.15, 0.2) is 17.5 Å². The molecule has 1 aromatic heterocycles. The number of pyridine rings is 1. The van der Waals surface area contributed by atoms with E-state index in [1.165, 1.54) is 18.2 Å². The molecule has 8 heteroatoms. The molecular weight excluding hydrogens is 371 g/mol. The van der Waals surface area contributed by atoms with Crippen molar-refractivity contribution in [2.24, 2.45) is 0 Å². The van der Waals surface area contributed by atoms with Crippen molar-refractivity contribution in [3.63, 3.8) is 0 Å². The summed E-state index contributed by atoms with van der Waals surface area (Å²) in [6.07, 6.45) is 6.23. The summed E-state index contributed by atoms with van der Waals surface area (Å²) in [5, 5.41) is 5.06. The van der Waals surface area contributed by atoms with Gasteiger partial charge >= 0.3 is 0 Å². The quantitative estimate of drug-likeness (QED) is 0.606. The molecule has 1 aliphatic rings. The Labute approximate surface area is 160 Å². The van der Waals surface area contributed by atoms with Gasteiger partial charge in [0.05, 0.1) is 5.69 Å². The van der Waals surface area contributed by atoms with Crippen molar-refractivity contribution >= 4 is 17.5 Å². The van der Waals surface area contributed by atoms with Crippen molar-refractivity contribution < 1.29 is 22.8 Å². The zero-order valence-corrected chi connectivity index (χ0v) is 15.1. The fourth-order valence-corrected chi connectivity index (χ4v) is 3.18. The minimum Gasteiger partial charge on any atom is -0.348 e. The van der Waals surface area contributed by atoms with Gasteiger partial charge in [0, 0.05) is 6.04 Å². The minimum atomic E-state index is -1.68. The highest BCUT2D eigenvalue weighted by Crippen LogP contribution is 2.20. The van der Waals surface area contributed by atoms with E-state index in [2.05, 4.69) is 15.6 Å². The lowest BCUT2D eigenvalue weighted by Crippen LogP contribution is -2.35. The van der Waals surface area contributed by atoms with Crippen molar-refractivity contribution in [3.8, 4) is 0 Å². The van der Waals surface area contributed by atoms with E-state index in [9.17, 15) is 22.8 Å². The molecule has 2 aromatic rings. The molecule has 1 heterocycles. The molecule has 2 amide bonds. The van der Waals surface area contributed by atoms with E-state index in [1.54, 1.807) is 0 Å². The van der Waals surface area contributed by atoms with Crippen molar-refractivity contribution in [2.75, 3.05) is 5.32 Å². The fourth-order valence-electron chi connectivity index (χ4n) is 3.18. The highest BCUT2D eigenvalue weighted by atomic mass is 19.2. The second-order valence-corrected chi connectivity index (χ2v) is 6.75. The predicted octanol–water partition coefficient (Wildman–Crippen LogP) is 4.20. The molecule has 2 N–H and O–H groups in total. The van der Waals surface area contributed by atoms with E-state index in [0.29, 0.717) is 6.07 Å². The maximum atomic E-state index is 13.7. The largest absolute Gasteiger partial charge is 0.348 e. The topological polar surface area (TPSA) is 71.1 Å². The summed E-state index contributed by atoms with van der Waals surface area (Å²) in [6, 6.07) is 5.99. The van der Waals surface area contributed by atoms with Gasteiger partial charge in [0.2, 0.25) is 0 Å². The van der Waals surface area contributed by atoms with E-state index in [0.717, 1.165) is 44.6 Å². The summed E-state index contributed by atoms with van der Waals surface area (Å²) in [5.41, 5.74) is -0.598. The van der Waals surface area contributed by atoms with Crippen LogP contribution >= 0.6 is 0 Å². The number of rotatable bonds is 4. The van der Waals surface area contributed by atoms with Crippen LogP contribution in [0.1, 0.15) is 59.5 Å². The zero-order chi connectivity index (χ0) is 20.1. The van der Waals surface area contributed by atoms with Gasteiger partial charge in [-0.3, -0.25) is 9.59 Å². The lowest BCUT2D eigenvalue weighted by atomic mass is 10.1. The SMILES string of the molecule is O=C(Nc1ccc(F)c(F)c1F)c1cccc(C(=O)NC2CCCCCC2)n1. The molecule has 0 saturated heterocycles. The average Bonchev–Trinajstić information content (AvgIpc) is 2.97. The highest BCUT2D eigenvalue weighted by molar-refractivity contribution is 6.03. The average molecular weight is 391 g/mol. The molecule has 0 spiro atoms. The number of nitrogens with one attached hydrogen (secondary N) is 2. The van der Waals surface area contributed by atoms with E-state index in [1.807, 2.05) is 0 Å².